The fraction of sp³-hybridized carbons (Fsp3) is 0.333. The van der Waals surface area contributed by atoms with Crippen molar-refractivity contribution in [2.24, 2.45) is 5.92 Å². The fourth-order valence-electron chi connectivity index (χ4n) is 3.51. The van der Waals surface area contributed by atoms with Crippen molar-refractivity contribution in [1.29, 1.82) is 0 Å². The van der Waals surface area contributed by atoms with Crippen LogP contribution in [0.3, 0.4) is 0 Å². The zero-order valence-corrected chi connectivity index (χ0v) is 15.6. The number of hydrogen-bond donors (Lipinski definition) is 1. The Morgan fingerprint density at radius 3 is 2.79 bits per heavy atom. The second kappa shape index (κ2) is 7.80. The Hall–Kier alpha value is -3.22. The monoisotopic (exact) mass is 382 g/mol. The highest BCUT2D eigenvalue weighted by Crippen LogP contribution is 2.33. The Bertz CT molecular complexity index is 898. The number of methoxy groups -OCH3 is 1. The first-order valence-electron chi connectivity index (χ1n) is 9.24. The minimum absolute atomic E-state index is 0.0340. The Morgan fingerprint density at radius 1 is 1.18 bits per heavy atom. The molecule has 1 saturated heterocycles. The van der Waals surface area contributed by atoms with Crippen LogP contribution in [-0.4, -0.2) is 43.6 Å². The SMILES string of the molecule is COc1ccccc1CN1C[C@@H](C(=O)Nc2ccc3c(c2)OCCO3)CC1=O. The van der Waals surface area contributed by atoms with Crippen molar-refractivity contribution in [3.63, 3.8) is 0 Å². The van der Waals surface area contributed by atoms with Gasteiger partial charge in [0.1, 0.15) is 19.0 Å². The molecule has 2 aliphatic heterocycles. The molecule has 1 N–H and O–H groups in total. The molecule has 4 rings (SSSR count). The van der Waals surface area contributed by atoms with Crippen LogP contribution >= 0.6 is 0 Å². The van der Waals surface area contributed by atoms with Crippen LogP contribution in [0.5, 0.6) is 17.2 Å². The number of para-hydroxylation sites is 1. The molecule has 146 valence electrons. The molecule has 28 heavy (non-hydrogen) atoms. The van der Waals surface area contributed by atoms with Gasteiger partial charge in [0.05, 0.1) is 13.0 Å². The van der Waals surface area contributed by atoms with E-state index in [2.05, 4.69) is 5.32 Å². The smallest absolute Gasteiger partial charge is 0.229 e. The third-order valence-corrected chi connectivity index (χ3v) is 4.95. The summed E-state index contributed by atoms with van der Waals surface area (Å²) in [5.74, 6) is 1.42. The molecule has 2 heterocycles. The highest BCUT2D eigenvalue weighted by atomic mass is 16.6. The van der Waals surface area contributed by atoms with Crippen LogP contribution in [0, 0.1) is 5.92 Å². The van der Waals surface area contributed by atoms with Gasteiger partial charge in [0.2, 0.25) is 11.8 Å². The summed E-state index contributed by atoms with van der Waals surface area (Å²) in [6.45, 7) is 1.81. The van der Waals surface area contributed by atoms with Gasteiger partial charge in [-0.1, -0.05) is 18.2 Å². The Kier molecular flexibility index (Phi) is 5.06. The number of benzene rings is 2. The van der Waals surface area contributed by atoms with Crippen LogP contribution in [0.15, 0.2) is 42.5 Å². The minimum atomic E-state index is -0.393. The zero-order valence-electron chi connectivity index (χ0n) is 15.6. The van der Waals surface area contributed by atoms with Crippen molar-refractivity contribution < 1.29 is 23.8 Å². The minimum Gasteiger partial charge on any atom is -0.496 e. The molecule has 0 bridgehead atoms. The lowest BCUT2D eigenvalue weighted by molar-refractivity contribution is -0.128. The number of hydrogen-bond acceptors (Lipinski definition) is 5. The summed E-state index contributed by atoms with van der Waals surface area (Å²) in [5.41, 5.74) is 1.55. The molecular formula is C21H22N2O5. The van der Waals surface area contributed by atoms with Gasteiger partial charge in [-0.2, -0.15) is 0 Å². The van der Waals surface area contributed by atoms with Crippen LogP contribution in [0.25, 0.3) is 0 Å². The van der Waals surface area contributed by atoms with E-state index in [-0.39, 0.29) is 18.2 Å². The van der Waals surface area contributed by atoms with Gasteiger partial charge < -0.3 is 24.4 Å². The molecular weight excluding hydrogens is 360 g/mol. The molecule has 1 fully saturated rings. The maximum Gasteiger partial charge on any atom is 0.229 e. The number of rotatable bonds is 5. The lowest BCUT2D eigenvalue weighted by Crippen LogP contribution is -2.28. The van der Waals surface area contributed by atoms with Crippen LogP contribution in [0.2, 0.25) is 0 Å². The molecule has 2 aliphatic rings. The van der Waals surface area contributed by atoms with Gasteiger partial charge in [-0.05, 0) is 18.2 Å². The topological polar surface area (TPSA) is 77.1 Å². The van der Waals surface area contributed by atoms with Crippen LogP contribution < -0.4 is 19.5 Å². The summed E-state index contributed by atoms with van der Waals surface area (Å²) < 4.78 is 16.4. The van der Waals surface area contributed by atoms with Gasteiger partial charge in [-0.3, -0.25) is 9.59 Å². The molecule has 1 atom stereocenters. The molecule has 0 radical (unpaired) electrons. The van der Waals surface area contributed by atoms with Crippen molar-refractivity contribution in [3.8, 4) is 17.2 Å². The van der Waals surface area contributed by atoms with E-state index in [0.29, 0.717) is 43.5 Å². The quantitative estimate of drug-likeness (QED) is 0.860. The van der Waals surface area contributed by atoms with Crippen molar-refractivity contribution in [2.75, 3.05) is 32.2 Å². The molecule has 7 heteroatoms. The normalized spacial score (nSPS) is 18.1. The van der Waals surface area contributed by atoms with Gasteiger partial charge in [0.15, 0.2) is 11.5 Å². The van der Waals surface area contributed by atoms with Gasteiger partial charge in [-0.25, -0.2) is 0 Å². The van der Waals surface area contributed by atoms with E-state index < -0.39 is 5.92 Å². The van der Waals surface area contributed by atoms with Crippen molar-refractivity contribution in [1.82, 2.24) is 4.90 Å². The first kappa shape index (κ1) is 18.2. The number of nitrogens with one attached hydrogen (secondary N) is 1. The predicted molar refractivity (Wildman–Crippen MR) is 103 cm³/mol. The molecule has 7 nitrogen and oxygen atoms in total. The number of nitrogens with zero attached hydrogens (tertiary/aromatic N) is 1. The Labute approximate surface area is 163 Å². The maximum absolute atomic E-state index is 12.7. The van der Waals surface area contributed by atoms with E-state index >= 15 is 0 Å². The fourth-order valence-corrected chi connectivity index (χ4v) is 3.51. The highest BCUT2D eigenvalue weighted by molar-refractivity contribution is 5.97. The molecule has 0 unspecified atom stereocenters. The summed E-state index contributed by atoms with van der Waals surface area (Å²) in [6, 6.07) is 12.9. The van der Waals surface area contributed by atoms with E-state index in [9.17, 15) is 9.59 Å². The Balaban J connectivity index is 1.40. The number of likely N-dealkylation sites (tertiary alicyclic amines) is 1. The van der Waals surface area contributed by atoms with E-state index in [1.165, 1.54) is 0 Å². The number of carbonyl (C=O) groups is 2. The molecule has 2 amide bonds. The molecule has 0 aliphatic carbocycles. The van der Waals surface area contributed by atoms with Crippen molar-refractivity contribution >= 4 is 17.5 Å². The second-order valence-corrected chi connectivity index (χ2v) is 6.83. The molecule has 0 spiro atoms. The standard InChI is InChI=1S/C21H22N2O5/c1-26-17-5-3-2-4-14(17)12-23-13-15(10-20(23)24)21(25)22-16-6-7-18-19(11-16)28-9-8-27-18/h2-7,11,15H,8-10,12-13H2,1H3,(H,22,25)/t15-/m0/s1. The summed E-state index contributed by atoms with van der Waals surface area (Å²) in [5, 5.41) is 2.88. The third-order valence-electron chi connectivity index (χ3n) is 4.95. The summed E-state index contributed by atoms with van der Waals surface area (Å²) in [4.78, 5) is 26.8. The Morgan fingerprint density at radius 2 is 1.96 bits per heavy atom. The molecule has 2 aromatic carbocycles. The predicted octanol–water partition coefficient (Wildman–Crippen LogP) is 2.45. The average Bonchev–Trinajstić information content (AvgIpc) is 3.09. The van der Waals surface area contributed by atoms with Crippen LogP contribution in [-0.2, 0) is 16.1 Å². The first-order chi connectivity index (χ1) is 13.6. The van der Waals surface area contributed by atoms with E-state index in [0.717, 1.165) is 11.3 Å². The average molecular weight is 382 g/mol. The van der Waals surface area contributed by atoms with Crippen LogP contribution in [0.1, 0.15) is 12.0 Å². The summed E-state index contributed by atoms with van der Waals surface area (Å²) >= 11 is 0. The van der Waals surface area contributed by atoms with E-state index in [1.807, 2.05) is 24.3 Å². The van der Waals surface area contributed by atoms with Crippen molar-refractivity contribution in [2.45, 2.75) is 13.0 Å². The molecule has 0 saturated carbocycles. The lowest BCUT2D eigenvalue weighted by Gasteiger charge is -2.20. The summed E-state index contributed by atoms with van der Waals surface area (Å²) in [7, 11) is 1.61. The van der Waals surface area contributed by atoms with Crippen LogP contribution in [0.4, 0.5) is 5.69 Å². The maximum atomic E-state index is 12.7. The van der Waals surface area contributed by atoms with Gasteiger partial charge in [0, 0.05) is 36.8 Å². The number of amides is 2. The zero-order chi connectivity index (χ0) is 19.5. The second-order valence-electron chi connectivity index (χ2n) is 6.83. The van der Waals surface area contributed by atoms with Crippen molar-refractivity contribution in [3.05, 3.63) is 48.0 Å². The summed E-state index contributed by atoms with van der Waals surface area (Å²) in [6.07, 6.45) is 0.200. The van der Waals surface area contributed by atoms with Gasteiger partial charge in [0.25, 0.3) is 0 Å². The largest absolute Gasteiger partial charge is 0.496 e. The number of fused-ring (bicyclic) bond motifs is 1. The van der Waals surface area contributed by atoms with E-state index in [4.69, 9.17) is 14.2 Å². The number of anilines is 1. The third kappa shape index (κ3) is 3.74. The number of carbonyl (C=O) groups excluding carboxylic acids is 2. The molecule has 0 aromatic heterocycles. The first-order valence-corrected chi connectivity index (χ1v) is 9.24. The molecule has 2 aromatic rings. The van der Waals surface area contributed by atoms with E-state index in [1.54, 1.807) is 30.2 Å². The number of ether oxygens (including phenoxy) is 3. The van der Waals surface area contributed by atoms with Gasteiger partial charge in [-0.15, -0.1) is 0 Å². The highest BCUT2D eigenvalue weighted by Gasteiger charge is 2.34. The lowest BCUT2D eigenvalue weighted by atomic mass is 10.1. The van der Waals surface area contributed by atoms with Gasteiger partial charge >= 0.3 is 0 Å².